The van der Waals surface area contributed by atoms with Gasteiger partial charge in [-0.1, -0.05) is 25.5 Å². The maximum Gasteiger partial charge on any atom is 0.416 e. The predicted molar refractivity (Wildman–Crippen MR) is 135 cm³/mol. The summed E-state index contributed by atoms with van der Waals surface area (Å²) in [5, 5.41) is 0.624. The number of carbonyl (C=O) groups excluding carboxylic acids is 1. The van der Waals surface area contributed by atoms with Crippen molar-refractivity contribution in [2.45, 2.75) is 50.1 Å². The molecule has 196 valence electrons. The Kier molecular flexibility index (Phi) is 8.40. The smallest absolute Gasteiger partial charge is 0.416 e. The van der Waals surface area contributed by atoms with Crippen molar-refractivity contribution >= 4 is 34.3 Å². The molecule has 2 heterocycles. The summed E-state index contributed by atoms with van der Waals surface area (Å²) < 4.78 is 57.2. The first-order chi connectivity index (χ1) is 17.7. The number of thiazole rings is 1. The second-order valence-electron chi connectivity index (χ2n) is 8.19. The molecule has 0 saturated heterocycles. The third-order valence-electron chi connectivity index (χ3n) is 5.54. The summed E-state index contributed by atoms with van der Waals surface area (Å²) >= 11 is 1.38. The number of nitrogens with one attached hydrogen (secondary N) is 1. The Morgan fingerprint density at radius 1 is 1.22 bits per heavy atom. The van der Waals surface area contributed by atoms with Crippen LogP contribution in [0, 0.1) is 0 Å². The molecule has 0 spiro atoms. The van der Waals surface area contributed by atoms with Crippen LogP contribution in [-0.4, -0.2) is 33.8 Å². The molecule has 1 aliphatic heterocycles. The van der Waals surface area contributed by atoms with E-state index in [2.05, 4.69) is 17.4 Å². The van der Waals surface area contributed by atoms with Gasteiger partial charge in [0.2, 0.25) is 6.23 Å². The van der Waals surface area contributed by atoms with Gasteiger partial charge in [0.15, 0.2) is 12.1 Å². The van der Waals surface area contributed by atoms with E-state index < -0.39 is 28.8 Å². The maximum absolute atomic E-state index is 12.9. The molecular formula is C25H24F3N3O4S2. The number of carbonyl (C=O) groups is 1. The fourth-order valence-corrected chi connectivity index (χ4v) is 5.40. The molecule has 3 aromatic rings. The molecule has 0 bridgehead atoms. The first-order valence-electron chi connectivity index (χ1n) is 11.4. The number of unbranched alkanes of at least 4 members (excludes halogenated alkanes) is 1. The lowest BCUT2D eigenvalue weighted by Crippen LogP contribution is -2.21. The number of alkyl halides is 3. The van der Waals surface area contributed by atoms with Crippen LogP contribution in [0.3, 0.4) is 0 Å². The van der Waals surface area contributed by atoms with E-state index in [1.165, 1.54) is 29.7 Å². The number of rotatable bonds is 10. The molecule has 7 nitrogen and oxygen atoms in total. The van der Waals surface area contributed by atoms with E-state index in [0.717, 1.165) is 42.0 Å². The van der Waals surface area contributed by atoms with Crippen LogP contribution >= 0.6 is 11.3 Å². The Labute approximate surface area is 218 Å². The molecule has 0 fully saturated rings. The summed E-state index contributed by atoms with van der Waals surface area (Å²) in [6, 6.07) is 10.00. The van der Waals surface area contributed by atoms with Crippen molar-refractivity contribution < 1.29 is 31.7 Å². The van der Waals surface area contributed by atoms with E-state index in [-0.39, 0.29) is 6.61 Å². The van der Waals surface area contributed by atoms with Gasteiger partial charge < -0.3 is 4.74 Å². The van der Waals surface area contributed by atoms with Gasteiger partial charge in [-0.2, -0.15) is 13.2 Å². The Bertz CT molecular complexity index is 1320. The molecule has 0 saturated carbocycles. The van der Waals surface area contributed by atoms with Crippen molar-refractivity contribution in [2.75, 3.05) is 6.26 Å². The Hall–Kier alpha value is -3.09. The normalized spacial score (nSPS) is 16.2. The van der Waals surface area contributed by atoms with Crippen LogP contribution in [0.4, 0.5) is 13.2 Å². The Morgan fingerprint density at radius 3 is 2.59 bits per heavy atom. The number of aldehydes is 1. The van der Waals surface area contributed by atoms with Crippen LogP contribution in [0.25, 0.3) is 10.6 Å². The van der Waals surface area contributed by atoms with Gasteiger partial charge in [-0.15, -0.1) is 11.3 Å². The van der Waals surface area contributed by atoms with E-state index >= 15 is 0 Å². The third kappa shape index (κ3) is 6.43. The summed E-state index contributed by atoms with van der Waals surface area (Å²) in [4.78, 5) is 26.1. The van der Waals surface area contributed by atoms with Crippen molar-refractivity contribution in [1.29, 1.82) is 0 Å². The lowest BCUT2D eigenvalue weighted by Gasteiger charge is -2.11. The summed E-state index contributed by atoms with van der Waals surface area (Å²) in [7, 11) is -1.38. The van der Waals surface area contributed by atoms with Crippen molar-refractivity contribution in [3.05, 3.63) is 64.2 Å². The van der Waals surface area contributed by atoms with Crippen molar-refractivity contribution in [2.24, 2.45) is 4.99 Å². The molecule has 1 aromatic heterocycles. The average molecular weight is 552 g/mol. The van der Waals surface area contributed by atoms with Gasteiger partial charge in [0.1, 0.15) is 17.4 Å². The van der Waals surface area contributed by atoms with Crippen LogP contribution in [0.2, 0.25) is 0 Å². The molecule has 4 rings (SSSR count). The Morgan fingerprint density at radius 2 is 1.97 bits per heavy atom. The highest BCUT2D eigenvalue weighted by molar-refractivity contribution is 7.84. The topological polar surface area (TPSA) is 89.9 Å². The highest BCUT2D eigenvalue weighted by Crippen LogP contribution is 2.34. The van der Waals surface area contributed by atoms with Crippen molar-refractivity contribution in [3.8, 4) is 16.3 Å². The zero-order valence-corrected chi connectivity index (χ0v) is 21.6. The summed E-state index contributed by atoms with van der Waals surface area (Å²) in [6.07, 6.45) is -0.687. The standard InChI is InChI=1S/C25H24F3N3O4S2/c1-3-4-5-19-20(36-24(29-19)15-6-8-16(9-7-15)25(26,27)28)14-34-17-10-11-18(21(12-17)37(2)33)23-30-22(13-32)35-31-23/h6-13,22H,3-5,14H2,1-2H3,(H,30,31). The molecule has 0 aliphatic carbocycles. The lowest BCUT2D eigenvalue weighted by atomic mass is 10.1. The number of benzene rings is 2. The number of hydroxylamine groups is 1. The number of halogens is 3. The molecule has 2 aromatic carbocycles. The van der Waals surface area contributed by atoms with Gasteiger partial charge in [0.25, 0.3) is 0 Å². The third-order valence-corrected chi connectivity index (χ3v) is 7.62. The maximum atomic E-state index is 12.9. The largest absolute Gasteiger partial charge is 0.488 e. The molecule has 0 radical (unpaired) electrons. The van der Waals surface area contributed by atoms with Gasteiger partial charge in [-0.05, 0) is 43.2 Å². The molecule has 2 atom stereocenters. The molecule has 2 unspecified atom stereocenters. The minimum atomic E-state index is -4.40. The van der Waals surface area contributed by atoms with Crippen molar-refractivity contribution in [3.63, 3.8) is 0 Å². The average Bonchev–Trinajstić information content (AvgIpc) is 3.53. The van der Waals surface area contributed by atoms with Crippen LogP contribution in [0.1, 0.15) is 41.5 Å². The number of aliphatic imine (C=N–C) groups is 1. The number of nitrogens with zero attached hydrogens (tertiary/aromatic N) is 2. The number of aromatic nitrogens is 1. The molecule has 1 aliphatic rings. The van der Waals surface area contributed by atoms with E-state index in [9.17, 15) is 22.2 Å². The predicted octanol–water partition coefficient (Wildman–Crippen LogP) is 5.29. The molecule has 12 heteroatoms. The number of ether oxygens (including phenoxy) is 1. The zero-order valence-electron chi connectivity index (χ0n) is 20.0. The molecule has 1 N–H and O–H groups in total. The second kappa shape index (κ2) is 11.5. The van der Waals surface area contributed by atoms with Crippen LogP contribution in [0.5, 0.6) is 5.75 Å². The lowest BCUT2D eigenvalue weighted by molar-refractivity contribution is -0.137. The number of hydrogen-bond acceptors (Lipinski definition) is 8. The molecular weight excluding hydrogens is 527 g/mol. The van der Waals surface area contributed by atoms with E-state index in [1.54, 1.807) is 18.2 Å². The monoisotopic (exact) mass is 551 g/mol. The highest BCUT2D eigenvalue weighted by Gasteiger charge is 2.30. The first-order valence-corrected chi connectivity index (χ1v) is 13.8. The first kappa shape index (κ1) is 27.0. The summed E-state index contributed by atoms with van der Waals surface area (Å²) in [6.45, 7) is 2.27. The minimum Gasteiger partial charge on any atom is -0.488 e. The number of amidine groups is 1. The zero-order chi connectivity index (χ0) is 26.6. The van der Waals surface area contributed by atoms with Gasteiger partial charge in [-0.3, -0.25) is 9.00 Å². The number of hydrogen-bond donors (Lipinski definition) is 1. The molecule has 0 amide bonds. The van der Waals surface area contributed by atoms with Gasteiger partial charge in [-0.25, -0.2) is 20.3 Å². The van der Waals surface area contributed by atoms with Gasteiger partial charge in [0.05, 0.1) is 31.8 Å². The fraction of sp³-hybridized carbons (Fsp3) is 0.320. The highest BCUT2D eigenvalue weighted by atomic mass is 32.2. The minimum absolute atomic E-state index is 0.196. The Balaban J connectivity index is 1.56. The second-order valence-corrected chi connectivity index (χ2v) is 10.6. The van der Waals surface area contributed by atoms with Crippen LogP contribution < -0.4 is 10.2 Å². The number of aryl methyl sites for hydroxylation is 1. The van der Waals surface area contributed by atoms with Gasteiger partial charge in [0, 0.05) is 17.4 Å². The van der Waals surface area contributed by atoms with Crippen LogP contribution in [-0.2, 0) is 39.6 Å². The SMILES string of the molecule is CCCCc1nc(-c2ccc(C(F)(F)F)cc2)sc1COc1ccc(C2=NC(C=O)ON2)c(S(C)=O)c1. The summed E-state index contributed by atoms with van der Waals surface area (Å²) in [5.41, 5.74) is 3.86. The fourth-order valence-electron chi connectivity index (χ4n) is 3.61. The van der Waals surface area contributed by atoms with E-state index in [4.69, 9.17) is 14.6 Å². The quantitative estimate of drug-likeness (QED) is 0.344. The van der Waals surface area contributed by atoms with Crippen molar-refractivity contribution in [1.82, 2.24) is 10.5 Å². The summed E-state index contributed by atoms with van der Waals surface area (Å²) in [5.74, 6) is 0.783. The van der Waals surface area contributed by atoms with Crippen LogP contribution in [0.15, 0.2) is 52.4 Å². The van der Waals surface area contributed by atoms with E-state index in [1.807, 2.05) is 0 Å². The molecule has 37 heavy (non-hydrogen) atoms. The van der Waals surface area contributed by atoms with E-state index in [0.29, 0.717) is 38.9 Å². The van der Waals surface area contributed by atoms with Gasteiger partial charge >= 0.3 is 6.18 Å².